The standard InChI is InChI=1S/C22H22N2O3/c1-5-13-10-14-18(11-17(13)25)27-21(12(2)3)19(20(14)26)22-23-15-8-6-7-9-16(15)24(22)4/h6-12,25H,5H2,1-4H3. The zero-order valence-corrected chi connectivity index (χ0v) is 15.9. The van der Waals surface area contributed by atoms with Crippen molar-refractivity contribution in [3.8, 4) is 17.1 Å². The van der Waals surface area contributed by atoms with Crippen LogP contribution in [-0.4, -0.2) is 14.7 Å². The lowest BCUT2D eigenvalue weighted by Gasteiger charge is -2.13. The molecular formula is C22H22N2O3. The van der Waals surface area contributed by atoms with Gasteiger partial charge in [0.15, 0.2) is 0 Å². The van der Waals surface area contributed by atoms with Gasteiger partial charge in [-0.15, -0.1) is 0 Å². The predicted molar refractivity (Wildman–Crippen MR) is 107 cm³/mol. The van der Waals surface area contributed by atoms with Crippen molar-refractivity contribution in [2.75, 3.05) is 0 Å². The van der Waals surface area contributed by atoms with Crippen molar-refractivity contribution in [1.82, 2.24) is 9.55 Å². The lowest BCUT2D eigenvalue weighted by Crippen LogP contribution is -2.13. The number of imidazole rings is 1. The van der Waals surface area contributed by atoms with Gasteiger partial charge in [-0.1, -0.05) is 32.9 Å². The minimum atomic E-state index is -0.118. The molecule has 0 saturated heterocycles. The molecule has 0 saturated carbocycles. The van der Waals surface area contributed by atoms with Gasteiger partial charge >= 0.3 is 0 Å². The Bertz CT molecular complexity index is 1230. The molecule has 0 fully saturated rings. The van der Waals surface area contributed by atoms with Gasteiger partial charge in [-0.2, -0.15) is 0 Å². The SMILES string of the molecule is CCc1cc2c(=O)c(-c3nc4ccccc4n3C)c(C(C)C)oc2cc1O. The first-order valence-corrected chi connectivity index (χ1v) is 9.16. The Morgan fingerprint density at radius 3 is 2.63 bits per heavy atom. The van der Waals surface area contributed by atoms with Gasteiger partial charge in [0, 0.05) is 19.0 Å². The molecule has 0 unspecified atom stereocenters. The van der Waals surface area contributed by atoms with E-state index in [2.05, 4.69) is 0 Å². The molecule has 0 aliphatic heterocycles. The van der Waals surface area contributed by atoms with E-state index < -0.39 is 0 Å². The van der Waals surface area contributed by atoms with Crippen LogP contribution in [0.15, 0.2) is 45.6 Å². The van der Waals surface area contributed by atoms with Crippen LogP contribution in [0.5, 0.6) is 5.75 Å². The average molecular weight is 362 g/mol. The summed E-state index contributed by atoms with van der Waals surface area (Å²) >= 11 is 0. The fraction of sp³-hybridized carbons (Fsp3) is 0.273. The van der Waals surface area contributed by atoms with E-state index in [0.29, 0.717) is 34.5 Å². The minimum absolute atomic E-state index is 0.00935. The van der Waals surface area contributed by atoms with E-state index in [0.717, 1.165) is 16.6 Å². The maximum absolute atomic E-state index is 13.5. The summed E-state index contributed by atoms with van der Waals surface area (Å²) in [6.07, 6.45) is 0.634. The third-order valence-corrected chi connectivity index (χ3v) is 5.03. The summed E-state index contributed by atoms with van der Waals surface area (Å²) in [7, 11) is 1.91. The van der Waals surface area contributed by atoms with Gasteiger partial charge < -0.3 is 14.1 Å². The molecule has 0 amide bonds. The predicted octanol–water partition coefficient (Wildman–Crippen LogP) is 4.74. The molecule has 0 aliphatic carbocycles. The molecule has 0 aliphatic rings. The van der Waals surface area contributed by atoms with Crippen LogP contribution >= 0.6 is 0 Å². The summed E-state index contributed by atoms with van der Waals surface area (Å²) in [4.78, 5) is 18.2. The molecule has 0 spiro atoms. The third-order valence-electron chi connectivity index (χ3n) is 5.03. The second-order valence-electron chi connectivity index (χ2n) is 7.14. The Morgan fingerprint density at radius 2 is 1.96 bits per heavy atom. The molecule has 2 aromatic carbocycles. The van der Waals surface area contributed by atoms with Crippen LogP contribution in [0.1, 0.15) is 38.0 Å². The zero-order valence-electron chi connectivity index (χ0n) is 15.9. The van der Waals surface area contributed by atoms with Crippen LogP contribution in [0.4, 0.5) is 0 Å². The van der Waals surface area contributed by atoms with E-state index in [-0.39, 0.29) is 17.1 Å². The first-order valence-electron chi connectivity index (χ1n) is 9.16. The smallest absolute Gasteiger partial charge is 0.203 e. The van der Waals surface area contributed by atoms with Crippen LogP contribution in [0.3, 0.4) is 0 Å². The quantitative estimate of drug-likeness (QED) is 0.572. The van der Waals surface area contributed by atoms with Gasteiger partial charge in [-0.25, -0.2) is 4.98 Å². The summed E-state index contributed by atoms with van der Waals surface area (Å²) in [5.74, 6) is 1.32. The number of nitrogens with zero attached hydrogens (tertiary/aromatic N) is 2. The maximum atomic E-state index is 13.5. The van der Waals surface area contributed by atoms with Gasteiger partial charge in [0.05, 0.1) is 16.4 Å². The Kier molecular flexibility index (Phi) is 4.02. The fourth-order valence-electron chi connectivity index (χ4n) is 3.56. The minimum Gasteiger partial charge on any atom is -0.508 e. The lowest BCUT2D eigenvalue weighted by atomic mass is 10.0. The number of rotatable bonds is 3. The number of aromatic hydroxyl groups is 1. The van der Waals surface area contributed by atoms with Crippen LogP contribution in [0.25, 0.3) is 33.4 Å². The number of hydrogen-bond acceptors (Lipinski definition) is 4. The first-order chi connectivity index (χ1) is 12.9. The first kappa shape index (κ1) is 17.3. The van der Waals surface area contributed by atoms with Gasteiger partial charge in [0.2, 0.25) is 5.43 Å². The highest BCUT2D eigenvalue weighted by Gasteiger charge is 2.23. The topological polar surface area (TPSA) is 68.3 Å². The van der Waals surface area contributed by atoms with Crippen molar-refractivity contribution < 1.29 is 9.52 Å². The summed E-state index contributed by atoms with van der Waals surface area (Å²) in [6.45, 7) is 5.91. The maximum Gasteiger partial charge on any atom is 0.203 e. The molecule has 27 heavy (non-hydrogen) atoms. The molecule has 4 rings (SSSR count). The monoisotopic (exact) mass is 362 g/mol. The van der Waals surface area contributed by atoms with Crippen LogP contribution in [0, 0.1) is 0 Å². The van der Waals surface area contributed by atoms with E-state index in [1.165, 1.54) is 0 Å². The second kappa shape index (κ2) is 6.27. The molecule has 5 heteroatoms. The highest BCUT2D eigenvalue weighted by atomic mass is 16.3. The van der Waals surface area contributed by atoms with E-state index in [4.69, 9.17) is 9.40 Å². The molecule has 0 bridgehead atoms. The molecule has 2 heterocycles. The van der Waals surface area contributed by atoms with Gasteiger partial charge in [-0.3, -0.25) is 4.79 Å². The molecule has 4 aromatic rings. The van der Waals surface area contributed by atoms with E-state index >= 15 is 0 Å². The average Bonchev–Trinajstić information content (AvgIpc) is 2.97. The summed E-state index contributed by atoms with van der Waals surface area (Å²) in [5.41, 5.74) is 3.30. The van der Waals surface area contributed by atoms with Crippen molar-refractivity contribution in [1.29, 1.82) is 0 Å². The number of phenols is 1. The second-order valence-corrected chi connectivity index (χ2v) is 7.14. The van der Waals surface area contributed by atoms with Crippen LogP contribution in [0.2, 0.25) is 0 Å². The van der Waals surface area contributed by atoms with Crippen molar-refractivity contribution in [3.05, 3.63) is 57.9 Å². The number of hydrogen-bond donors (Lipinski definition) is 1. The Hall–Kier alpha value is -3.08. The number of fused-ring (bicyclic) bond motifs is 2. The van der Waals surface area contributed by atoms with Crippen LogP contribution < -0.4 is 5.43 Å². The number of para-hydroxylation sites is 2. The summed E-state index contributed by atoms with van der Waals surface area (Å²) < 4.78 is 8.04. The van der Waals surface area contributed by atoms with Gasteiger partial charge in [0.25, 0.3) is 0 Å². The summed E-state index contributed by atoms with van der Waals surface area (Å²) in [5, 5.41) is 10.6. The number of phenolic OH excluding ortho intramolecular Hbond substituents is 1. The van der Waals surface area contributed by atoms with Gasteiger partial charge in [0.1, 0.15) is 28.5 Å². The highest BCUT2D eigenvalue weighted by molar-refractivity contribution is 5.86. The molecule has 138 valence electrons. The molecule has 1 N–H and O–H groups in total. The van der Waals surface area contributed by atoms with Crippen molar-refractivity contribution in [2.24, 2.45) is 7.05 Å². The molecule has 5 nitrogen and oxygen atoms in total. The van der Waals surface area contributed by atoms with E-state index in [9.17, 15) is 9.90 Å². The van der Waals surface area contributed by atoms with Crippen molar-refractivity contribution >= 4 is 22.0 Å². The lowest BCUT2D eigenvalue weighted by molar-refractivity contribution is 0.464. The van der Waals surface area contributed by atoms with E-state index in [1.54, 1.807) is 12.1 Å². The Labute approximate surface area is 156 Å². The number of aromatic nitrogens is 2. The normalized spacial score (nSPS) is 11.7. The van der Waals surface area contributed by atoms with Gasteiger partial charge in [-0.05, 0) is 30.2 Å². The largest absolute Gasteiger partial charge is 0.508 e. The Morgan fingerprint density at radius 1 is 1.22 bits per heavy atom. The molecular weight excluding hydrogens is 340 g/mol. The number of benzene rings is 2. The Balaban J connectivity index is 2.13. The van der Waals surface area contributed by atoms with E-state index in [1.807, 2.05) is 56.7 Å². The zero-order chi connectivity index (χ0) is 19.3. The third kappa shape index (κ3) is 2.62. The summed E-state index contributed by atoms with van der Waals surface area (Å²) in [6, 6.07) is 11.1. The molecule has 2 aromatic heterocycles. The highest BCUT2D eigenvalue weighted by Crippen LogP contribution is 2.33. The van der Waals surface area contributed by atoms with Crippen LogP contribution in [-0.2, 0) is 13.5 Å². The fourth-order valence-corrected chi connectivity index (χ4v) is 3.56. The molecule has 0 radical (unpaired) electrons. The number of aryl methyl sites for hydroxylation is 2. The van der Waals surface area contributed by atoms with Crippen molar-refractivity contribution in [2.45, 2.75) is 33.1 Å². The van der Waals surface area contributed by atoms with Crippen molar-refractivity contribution in [3.63, 3.8) is 0 Å². The molecule has 0 atom stereocenters.